The molecule has 1 heterocycles. The van der Waals surface area contributed by atoms with Gasteiger partial charge in [0.15, 0.2) is 0 Å². The van der Waals surface area contributed by atoms with E-state index in [4.69, 9.17) is 0 Å². The average Bonchev–Trinajstić information content (AvgIpc) is 2.33. The smallest absolute Gasteiger partial charge is 0.242 e. The highest BCUT2D eigenvalue weighted by atomic mass is 16.2. The van der Waals surface area contributed by atoms with Gasteiger partial charge in [0.05, 0.1) is 6.54 Å². The largest absolute Gasteiger partial charge is 0.273 e. The molecule has 0 saturated carbocycles. The Balaban J connectivity index is 1.74. The van der Waals surface area contributed by atoms with E-state index < -0.39 is 0 Å². The first-order valence-electron chi connectivity index (χ1n) is 5.39. The Bertz CT molecular complexity index is 389. The second kappa shape index (κ2) is 4.79. The Labute approximate surface area is 94.2 Å². The predicted molar refractivity (Wildman–Crippen MR) is 59.2 cm³/mol. The molecule has 0 spiro atoms. The first kappa shape index (κ1) is 10.7. The molecule has 1 N–H and O–H groups in total. The molecule has 0 aromatic heterocycles. The Morgan fingerprint density at radius 3 is 2.62 bits per heavy atom. The number of β-lactam (4-membered cyclic amide) rings is 1. The van der Waals surface area contributed by atoms with Crippen molar-refractivity contribution in [1.82, 2.24) is 10.4 Å². The summed E-state index contributed by atoms with van der Waals surface area (Å²) in [5.74, 6) is -0.107. The van der Waals surface area contributed by atoms with Crippen LogP contribution in [-0.2, 0) is 16.0 Å². The molecule has 2 rings (SSSR count). The summed E-state index contributed by atoms with van der Waals surface area (Å²) in [7, 11) is 0. The lowest BCUT2D eigenvalue weighted by Gasteiger charge is -2.30. The number of hydrogen-bond acceptors (Lipinski definition) is 2. The molecule has 0 unspecified atom stereocenters. The van der Waals surface area contributed by atoms with Crippen molar-refractivity contribution >= 4 is 11.8 Å². The molecule has 0 radical (unpaired) electrons. The van der Waals surface area contributed by atoms with Gasteiger partial charge in [0.25, 0.3) is 0 Å². The van der Waals surface area contributed by atoms with E-state index in [9.17, 15) is 9.59 Å². The first-order chi connectivity index (χ1) is 7.75. The van der Waals surface area contributed by atoms with Crippen molar-refractivity contribution in [1.29, 1.82) is 0 Å². The Morgan fingerprint density at radius 2 is 2.06 bits per heavy atom. The van der Waals surface area contributed by atoms with Crippen molar-refractivity contribution < 1.29 is 9.59 Å². The van der Waals surface area contributed by atoms with Crippen LogP contribution in [0.5, 0.6) is 0 Å². The Morgan fingerprint density at radius 1 is 1.31 bits per heavy atom. The van der Waals surface area contributed by atoms with E-state index in [0.29, 0.717) is 25.8 Å². The third-order valence-corrected chi connectivity index (χ3v) is 2.59. The van der Waals surface area contributed by atoms with Crippen LogP contribution in [0.3, 0.4) is 0 Å². The van der Waals surface area contributed by atoms with Gasteiger partial charge >= 0.3 is 0 Å². The molecular weight excluding hydrogens is 204 g/mol. The molecule has 1 saturated heterocycles. The molecule has 4 heteroatoms. The standard InChI is InChI=1S/C12H14N2O2/c15-11(13-14-9-8-12(14)16)7-6-10-4-2-1-3-5-10/h1-5H,6-9H2,(H,13,15). The summed E-state index contributed by atoms with van der Waals surface area (Å²) in [5, 5.41) is 1.37. The Hall–Kier alpha value is -1.84. The number of amides is 2. The number of carbonyl (C=O) groups excluding carboxylic acids is 2. The fourth-order valence-electron chi connectivity index (χ4n) is 1.54. The van der Waals surface area contributed by atoms with Crippen LogP contribution in [0, 0.1) is 0 Å². The van der Waals surface area contributed by atoms with Gasteiger partial charge in [-0.15, -0.1) is 0 Å². The third kappa shape index (κ3) is 2.59. The number of hydrazine groups is 1. The zero-order chi connectivity index (χ0) is 11.4. The van der Waals surface area contributed by atoms with Gasteiger partial charge in [-0.3, -0.25) is 20.0 Å². The van der Waals surface area contributed by atoms with Crippen LogP contribution >= 0.6 is 0 Å². The highest BCUT2D eigenvalue weighted by Crippen LogP contribution is 2.06. The number of benzene rings is 1. The van der Waals surface area contributed by atoms with Crippen LogP contribution < -0.4 is 5.43 Å². The lowest BCUT2D eigenvalue weighted by atomic mass is 10.1. The van der Waals surface area contributed by atoms with Crippen LogP contribution in [0.4, 0.5) is 0 Å². The van der Waals surface area contributed by atoms with Crippen LogP contribution in [0.25, 0.3) is 0 Å². The normalized spacial score (nSPS) is 14.5. The number of hydrogen-bond donors (Lipinski definition) is 1. The van der Waals surface area contributed by atoms with E-state index >= 15 is 0 Å². The molecule has 16 heavy (non-hydrogen) atoms. The number of nitrogens with zero attached hydrogens (tertiary/aromatic N) is 1. The SMILES string of the molecule is O=C(CCc1ccccc1)NN1CCC1=O. The van der Waals surface area contributed by atoms with Crippen LogP contribution in [0.15, 0.2) is 30.3 Å². The van der Waals surface area contributed by atoms with Crippen molar-refractivity contribution in [3.05, 3.63) is 35.9 Å². The zero-order valence-corrected chi connectivity index (χ0v) is 8.98. The maximum Gasteiger partial charge on any atom is 0.242 e. The average molecular weight is 218 g/mol. The molecule has 1 aliphatic heterocycles. The fourth-order valence-corrected chi connectivity index (χ4v) is 1.54. The van der Waals surface area contributed by atoms with E-state index in [1.54, 1.807) is 0 Å². The lowest BCUT2D eigenvalue weighted by molar-refractivity contribution is -0.150. The monoisotopic (exact) mass is 218 g/mol. The van der Waals surface area contributed by atoms with Crippen molar-refractivity contribution in [2.24, 2.45) is 0 Å². The van der Waals surface area contributed by atoms with Gasteiger partial charge in [-0.1, -0.05) is 30.3 Å². The van der Waals surface area contributed by atoms with Crippen molar-refractivity contribution in [2.45, 2.75) is 19.3 Å². The summed E-state index contributed by atoms with van der Waals surface area (Å²) in [6.07, 6.45) is 1.65. The van der Waals surface area contributed by atoms with Gasteiger partial charge in [0, 0.05) is 12.8 Å². The lowest BCUT2D eigenvalue weighted by Crippen LogP contribution is -2.54. The van der Waals surface area contributed by atoms with Gasteiger partial charge in [0.2, 0.25) is 11.8 Å². The van der Waals surface area contributed by atoms with E-state index in [-0.39, 0.29) is 11.8 Å². The summed E-state index contributed by atoms with van der Waals surface area (Å²) in [5.41, 5.74) is 3.71. The van der Waals surface area contributed by atoms with Gasteiger partial charge in [-0.2, -0.15) is 0 Å². The van der Waals surface area contributed by atoms with Crippen molar-refractivity contribution in [3.63, 3.8) is 0 Å². The van der Waals surface area contributed by atoms with Crippen molar-refractivity contribution in [3.8, 4) is 0 Å². The number of carbonyl (C=O) groups is 2. The maximum atomic E-state index is 11.5. The highest BCUT2D eigenvalue weighted by molar-refractivity contribution is 5.85. The van der Waals surface area contributed by atoms with Gasteiger partial charge in [-0.25, -0.2) is 0 Å². The van der Waals surface area contributed by atoms with Crippen LogP contribution in [-0.4, -0.2) is 23.4 Å². The minimum Gasteiger partial charge on any atom is -0.273 e. The van der Waals surface area contributed by atoms with E-state index in [1.165, 1.54) is 5.01 Å². The van der Waals surface area contributed by atoms with E-state index in [1.807, 2.05) is 30.3 Å². The topological polar surface area (TPSA) is 49.4 Å². The Kier molecular flexibility index (Phi) is 3.19. The minimum absolute atomic E-state index is 0.00642. The second-order valence-electron chi connectivity index (χ2n) is 3.82. The summed E-state index contributed by atoms with van der Waals surface area (Å²) in [6.45, 7) is 0.635. The molecule has 1 aromatic rings. The molecule has 2 amide bonds. The molecule has 4 nitrogen and oxygen atoms in total. The summed E-state index contributed by atoms with van der Waals surface area (Å²) >= 11 is 0. The molecule has 1 aromatic carbocycles. The summed E-state index contributed by atoms with van der Waals surface area (Å²) in [6, 6.07) is 9.82. The third-order valence-electron chi connectivity index (χ3n) is 2.59. The predicted octanol–water partition coefficient (Wildman–Crippen LogP) is 0.883. The van der Waals surface area contributed by atoms with E-state index in [2.05, 4.69) is 5.43 Å². The van der Waals surface area contributed by atoms with Crippen LogP contribution in [0.1, 0.15) is 18.4 Å². The van der Waals surface area contributed by atoms with Crippen LogP contribution in [0.2, 0.25) is 0 Å². The van der Waals surface area contributed by atoms with E-state index in [0.717, 1.165) is 5.56 Å². The molecule has 84 valence electrons. The summed E-state index contributed by atoms with van der Waals surface area (Å²) in [4.78, 5) is 22.4. The molecular formula is C12H14N2O2. The quantitative estimate of drug-likeness (QED) is 0.763. The van der Waals surface area contributed by atoms with Gasteiger partial charge in [-0.05, 0) is 12.0 Å². The number of nitrogens with one attached hydrogen (secondary N) is 1. The molecule has 1 fully saturated rings. The number of aryl methyl sites for hydroxylation is 1. The molecule has 1 aliphatic rings. The number of rotatable bonds is 4. The fraction of sp³-hybridized carbons (Fsp3) is 0.333. The highest BCUT2D eigenvalue weighted by Gasteiger charge is 2.24. The summed E-state index contributed by atoms with van der Waals surface area (Å²) < 4.78 is 0. The zero-order valence-electron chi connectivity index (χ0n) is 8.98. The molecule has 0 atom stereocenters. The molecule has 0 aliphatic carbocycles. The molecule has 0 bridgehead atoms. The van der Waals surface area contributed by atoms with Crippen molar-refractivity contribution in [2.75, 3.05) is 6.54 Å². The maximum absolute atomic E-state index is 11.5. The van der Waals surface area contributed by atoms with Gasteiger partial charge < -0.3 is 0 Å². The first-order valence-corrected chi connectivity index (χ1v) is 5.39. The minimum atomic E-state index is -0.100. The van der Waals surface area contributed by atoms with Gasteiger partial charge in [0.1, 0.15) is 0 Å². The second-order valence-corrected chi connectivity index (χ2v) is 3.82.